The highest BCUT2D eigenvalue weighted by Gasteiger charge is 2.25. The third-order valence-electron chi connectivity index (χ3n) is 6.07. The number of hydrogen-bond acceptors (Lipinski definition) is 3. The van der Waals surface area contributed by atoms with Gasteiger partial charge in [-0.15, -0.1) is 0 Å². The van der Waals surface area contributed by atoms with Gasteiger partial charge in [-0.05, 0) is 44.9 Å². The molecule has 0 radical (unpaired) electrons. The molecular formula is C25H25ClN4O2. The van der Waals surface area contributed by atoms with Gasteiger partial charge in [-0.1, -0.05) is 41.9 Å². The molecule has 4 aromatic rings. The Morgan fingerprint density at radius 1 is 1.22 bits per heavy atom. The van der Waals surface area contributed by atoms with Crippen molar-refractivity contribution < 1.29 is 9.21 Å². The molecular weight excluding hydrogens is 424 g/mol. The van der Waals surface area contributed by atoms with E-state index in [4.69, 9.17) is 16.0 Å². The van der Waals surface area contributed by atoms with Crippen molar-refractivity contribution in [1.82, 2.24) is 14.7 Å². The van der Waals surface area contributed by atoms with E-state index in [1.165, 1.54) is 0 Å². The van der Waals surface area contributed by atoms with Crippen LogP contribution in [0.25, 0.3) is 22.3 Å². The molecule has 6 nitrogen and oxygen atoms in total. The monoisotopic (exact) mass is 448 g/mol. The molecule has 0 aliphatic carbocycles. The van der Waals surface area contributed by atoms with Crippen LogP contribution in [0.1, 0.15) is 31.0 Å². The Kier molecular flexibility index (Phi) is 5.39. The van der Waals surface area contributed by atoms with Gasteiger partial charge in [0.15, 0.2) is 5.82 Å². The van der Waals surface area contributed by atoms with E-state index < -0.39 is 0 Å². The Hall–Kier alpha value is -3.25. The topological polar surface area (TPSA) is 63.3 Å². The molecule has 32 heavy (non-hydrogen) atoms. The highest BCUT2D eigenvalue weighted by Crippen LogP contribution is 2.33. The van der Waals surface area contributed by atoms with Crippen LogP contribution >= 0.6 is 11.6 Å². The van der Waals surface area contributed by atoms with Gasteiger partial charge in [-0.25, -0.2) is 4.79 Å². The number of aryl methyl sites for hydroxylation is 1. The molecule has 2 amide bonds. The number of benzene rings is 2. The molecule has 1 aliphatic rings. The summed E-state index contributed by atoms with van der Waals surface area (Å²) in [7, 11) is 0. The van der Waals surface area contributed by atoms with E-state index in [0.29, 0.717) is 17.4 Å². The number of nitrogens with one attached hydrogen (secondary N) is 1. The van der Waals surface area contributed by atoms with Crippen LogP contribution in [0.5, 0.6) is 0 Å². The lowest BCUT2D eigenvalue weighted by Crippen LogP contribution is -2.37. The number of nitrogens with zero attached hydrogens (tertiary/aromatic N) is 3. The molecule has 0 saturated carbocycles. The van der Waals surface area contributed by atoms with Gasteiger partial charge in [0.05, 0.1) is 6.54 Å². The van der Waals surface area contributed by atoms with E-state index in [-0.39, 0.29) is 12.1 Å². The van der Waals surface area contributed by atoms with E-state index in [9.17, 15) is 4.79 Å². The van der Waals surface area contributed by atoms with Gasteiger partial charge < -0.3 is 9.32 Å². The van der Waals surface area contributed by atoms with Crippen LogP contribution in [0, 0.1) is 6.92 Å². The fourth-order valence-electron chi connectivity index (χ4n) is 4.36. The molecule has 1 fully saturated rings. The summed E-state index contributed by atoms with van der Waals surface area (Å²) < 4.78 is 8.09. The van der Waals surface area contributed by atoms with E-state index in [0.717, 1.165) is 52.9 Å². The molecule has 2 aromatic heterocycles. The van der Waals surface area contributed by atoms with Gasteiger partial charge in [0, 0.05) is 45.9 Å². The fraction of sp³-hybridized carbons (Fsp3) is 0.280. The third-order valence-corrected chi connectivity index (χ3v) is 6.28. The predicted molar refractivity (Wildman–Crippen MR) is 127 cm³/mol. The van der Waals surface area contributed by atoms with Crippen LogP contribution in [0.4, 0.5) is 10.6 Å². The molecule has 2 aromatic carbocycles. The lowest BCUT2D eigenvalue weighted by molar-refractivity contribution is 0.210. The number of anilines is 1. The van der Waals surface area contributed by atoms with Crippen LogP contribution in [0.15, 0.2) is 59.0 Å². The zero-order valence-electron chi connectivity index (χ0n) is 18.1. The largest absolute Gasteiger partial charge is 0.456 e. The smallest absolute Gasteiger partial charge is 0.323 e. The molecule has 7 heteroatoms. The van der Waals surface area contributed by atoms with Gasteiger partial charge >= 0.3 is 6.03 Å². The molecule has 1 aliphatic heterocycles. The van der Waals surface area contributed by atoms with Crippen LogP contribution in [-0.2, 0) is 6.54 Å². The Labute approximate surface area is 191 Å². The molecule has 1 saturated heterocycles. The van der Waals surface area contributed by atoms with Gasteiger partial charge in [0.2, 0.25) is 0 Å². The zero-order chi connectivity index (χ0) is 22.2. The van der Waals surface area contributed by atoms with Gasteiger partial charge in [-0.3, -0.25) is 10.00 Å². The van der Waals surface area contributed by atoms with Crippen LogP contribution < -0.4 is 5.32 Å². The maximum absolute atomic E-state index is 12.6. The fourth-order valence-corrected chi connectivity index (χ4v) is 4.61. The number of likely N-dealkylation sites (tertiary alicyclic amines) is 1. The first-order valence-corrected chi connectivity index (χ1v) is 11.3. The summed E-state index contributed by atoms with van der Waals surface area (Å²) in [5.74, 6) is 1.35. The Morgan fingerprint density at radius 3 is 2.78 bits per heavy atom. The van der Waals surface area contributed by atoms with Crippen LogP contribution in [-0.4, -0.2) is 33.3 Å². The summed E-state index contributed by atoms with van der Waals surface area (Å²) in [6.45, 7) is 5.32. The number of carbonyl (C=O) groups is 1. The SMILES string of the molecule is Cc1cc(NC(=O)N2CCC[C@H]2C)nn1Cc1cc(Cl)cc2cc(-c3ccccc3)oc12. The number of urea groups is 1. The highest BCUT2D eigenvalue weighted by molar-refractivity contribution is 6.31. The normalized spacial score (nSPS) is 16.1. The standard InChI is InChI=1S/C25H25ClN4O2/c1-16-7-6-10-29(16)25(31)27-23-11-17(2)30(28-23)15-20-13-21(26)12-19-14-22(32-24(19)20)18-8-4-3-5-9-18/h3-5,8-9,11-14,16H,6-7,10,15H2,1-2H3,(H,27,28,31)/t16-/m1/s1. The number of amides is 2. The number of rotatable bonds is 4. The minimum absolute atomic E-state index is 0.0941. The van der Waals surface area contributed by atoms with Crippen LogP contribution in [0.3, 0.4) is 0 Å². The molecule has 3 heterocycles. The number of halogens is 1. The number of aromatic nitrogens is 2. The second-order valence-electron chi connectivity index (χ2n) is 8.40. The molecule has 0 unspecified atom stereocenters. The number of hydrogen-bond donors (Lipinski definition) is 1. The summed E-state index contributed by atoms with van der Waals surface area (Å²) in [6.07, 6.45) is 2.08. The molecule has 0 bridgehead atoms. The lowest BCUT2D eigenvalue weighted by atomic mass is 10.1. The first kappa shape index (κ1) is 20.6. The quantitative estimate of drug-likeness (QED) is 0.397. The minimum Gasteiger partial charge on any atom is -0.456 e. The molecule has 5 rings (SSSR count). The van der Waals surface area contributed by atoms with E-state index in [2.05, 4.69) is 17.3 Å². The molecule has 1 atom stereocenters. The lowest BCUT2D eigenvalue weighted by Gasteiger charge is -2.20. The van der Waals surface area contributed by atoms with Crippen LogP contribution in [0.2, 0.25) is 5.02 Å². The van der Waals surface area contributed by atoms with Crippen molar-refractivity contribution >= 4 is 34.4 Å². The van der Waals surface area contributed by atoms with E-state index >= 15 is 0 Å². The van der Waals surface area contributed by atoms with Gasteiger partial charge in [0.25, 0.3) is 0 Å². The van der Waals surface area contributed by atoms with Crippen molar-refractivity contribution in [2.24, 2.45) is 0 Å². The van der Waals surface area contributed by atoms with Crippen molar-refractivity contribution in [1.29, 1.82) is 0 Å². The highest BCUT2D eigenvalue weighted by atomic mass is 35.5. The third kappa shape index (κ3) is 3.98. The number of carbonyl (C=O) groups excluding carboxylic acids is 1. The Morgan fingerprint density at radius 2 is 2.03 bits per heavy atom. The summed E-state index contributed by atoms with van der Waals surface area (Å²) in [6, 6.07) is 17.9. The average Bonchev–Trinajstić information content (AvgIpc) is 3.47. The number of furan rings is 1. The molecule has 1 N–H and O–H groups in total. The average molecular weight is 449 g/mol. The van der Waals surface area contributed by atoms with Crippen molar-refractivity contribution in [3.8, 4) is 11.3 Å². The predicted octanol–water partition coefficient (Wildman–Crippen LogP) is 6.32. The Bertz CT molecular complexity index is 1280. The summed E-state index contributed by atoms with van der Waals surface area (Å²) >= 11 is 6.41. The van der Waals surface area contributed by atoms with Crippen molar-refractivity contribution in [3.05, 3.63) is 70.9 Å². The first-order chi connectivity index (χ1) is 15.5. The van der Waals surface area contributed by atoms with Crippen molar-refractivity contribution in [3.63, 3.8) is 0 Å². The van der Waals surface area contributed by atoms with Crippen molar-refractivity contribution in [2.45, 2.75) is 39.3 Å². The first-order valence-electron chi connectivity index (χ1n) is 10.9. The van der Waals surface area contributed by atoms with E-state index in [1.807, 2.05) is 71.1 Å². The van der Waals surface area contributed by atoms with Crippen molar-refractivity contribution in [2.75, 3.05) is 11.9 Å². The minimum atomic E-state index is -0.0941. The summed E-state index contributed by atoms with van der Waals surface area (Å²) in [5.41, 5.74) is 3.69. The number of fused-ring (bicyclic) bond motifs is 1. The maximum atomic E-state index is 12.6. The van der Waals surface area contributed by atoms with E-state index in [1.54, 1.807) is 0 Å². The molecule has 0 spiro atoms. The second-order valence-corrected chi connectivity index (χ2v) is 8.84. The van der Waals surface area contributed by atoms with Gasteiger partial charge in [-0.2, -0.15) is 5.10 Å². The second kappa shape index (κ2) is 8.36. The maximum Gasteiger partial charge on any atom is 0.323 e. The molecule has 164 valence electrons. The zero-order valence-corrected chi connectivity index (χ0v) is 18.9. The summed E-state index contributed by atoms with van der Waals surface area (Å²) in [4.78, 5) is 14.5. The summed E-state index contributed by atoms with van der Waals surface area (Å²) in [5, 5.41) is 9.16. The Balaban J connectivity index is 1.42. The van der Waals surface area contributed by atoms with Gasteiger partial charge in [0.1, 0.15) is 11.3 Å².